The molecule has 0 aliphatic heterocycles. The van der Waals surface area contributed by atoms with Crippen LogP contribution >= 0.6 is 11.3 Å². The molecule has 0 saturated carbocycles. The van der Waals surface area contributed by atoms with Gasteiger partial charge in [-0.05, 0) is 62.3 Å². The van der Waals surface area contributed by atoms with Gasteiger partial charge in [0.25, 0.3) is 5.56 Å². The summed E-state index contributed by atoms with van der Waals surface area (Å²) in [7, 11) is 0. The molecule has 0 saturated heterocycles. The zero-order valence-corrected chi connectivity index (χ0v) is 15.8. The van der Waals surface area contributed by atoms with Crippen molar-refractivity contribution in [2.24, 2.45) is 0 Å². The van der Waals surface area contributed by atoms with Gasteiger partial charge in [-0.1, -0.05) is 12.1 Å². The van der Waals surface area contributed by atoms with E-state index < -0.39 is 0 Å². The maximum Gasteiger partial charge on any atom is 0.262 e. The number of nitrogens with one attached hydrogen (secondary N) is 1. The van der Waals surface area contributed by atoms with Gasteiger partial charge in [0.2, 0.25) is 5.91 Å². The van der Waals surface area contributed by atoms with Gasteiger partial charge in [-0.25, -0.2) is 4.98 Å². The molecule has 26 heavy (non-hydrogen) atoms. The zero-order chi connectivity index (χ0) is 18.3. The number of thiophene rings is 1. The lowest BCUT2D eigenvalue weighted by molar-refractivity contribution is -0.116. The number of anilines is 1. The highest BCUT2D eigenvalue weighted by Crippen LogP contribution is 2.33. The van der Waals surface area contributed by atoms with Crippen molar-refractivity contribution in [1.82, 2.24) is 9.55 Å². The first kappa shape index (κ1) is 17.0. The fourth-order valence-corrected chi connectivity index (χ4v) is 4.74. The number of hydrogen-bond donors (Lipinski definition) is 1. The number of aromatic nitrogens is 2. The summed E-state index contributed by atoms with van der Waals surface area (Å²) in [6.07, 6.45) is 5.75. The van der Waals surface area contributed by atoms with Crippen molar-refractivity contribution in [3.8, 4) is 0 Å². The Hall–Kier alpha value is -2.47. The number of rotatable bonds is 3. The van der Waals surface area contributed by atoms with Crippen molar-refractivity contribution in [3.63, 3.8) is 0 Å². The Morgan fingerprint density at radius 2 is 2.08 bits per heavy atom. The number of carbonyl (C=O) groups excluding carboxylic acids is 1. The molecule has 0 radical (unpaired) electrons. The molecule has 0 unspecified atom stereocenters. The van der Waals surface area contributed by atoms with E-state index in [1.54, 1.807) is 11.3 Å². The number of amides is 1. The Labute approximate surface area is 155 Å². The summed E-state index contributed by atoms with van der Waals surface area (Å²) in [6.45, 7) is 3.95. The van der Waals surface area contributed by atoms with Crippen LogP contribution in [0.4, 0.5) is 5.69 Å². The van der Waals surface area contributed by atoms with E-state index in [0.717, 1.165) is 46.5 Å². The lowest BCUT2D eigenvalue weighted by atomic mass is 9.97. The normalized spacial score (nSPS) is 13.6. The van der Waals surface area contributed by atoms with Crippen LogP contribution in [0.1, 0.15) is 34.4 Å². The molecular weight excluding hydrogens is 346 g/mol. The number of nitrogens with zero attached hydrogens (tertiary/aromatic N) is 2. The molecule has 0 atom stereocenters. The molecule has 1 aliphatic rings. The summed E-state index contributed by atoms with van der Waals surface area (Å²) in [6, 6.07) is 5.79. The van der Waals surface area contributed by atoms with Gasteiger partial charge in [-0.3, -0.25) is 14.2 Å². The second-order valence-electron chi connectivity index (χ2n) is 6.86. The summed E-state index contributed by atoms with van der Waals surface area (Å²) < 4.78 is 1.42. The first-order valence-corrected chi connectivity index (χ1v) is 9.72. The van der Waals surface area contributed by atoms with Crippen LogP contribution < -0.4 is 10.9 Å². The Morgan fingerprint density at radius 3 is 2.92 bits per heavy atom. The van der Waals surface area contributed by atoms with E-state index in [1.165, 1.54) is 22.2 Å². The van der Waals surface area contributed by atoms with Crippen LogP contribution in [-0.4, -0.2) is 15.5 Å². The van der Waals surface area contributed by atoms with Gasteiger partial charge in [0.05, 0.1) is 11.7 Å². The predicted molar refractivity (Wildman–Crippen MR) is 105 cm³/mol. The predicted octanol–water partition coefficient (Wildman–Crippen LogP) is 3.59. The summed E-state index contributed by atoms with van der Waals surface area (Å²) in [4.78, 5) is 31.9. The number of benzene rings is 1. The molecule has 1 aromatic carbocycles. The molecule has 2 aromatic heterocycles. The SMILES string of the molecule is Cc1cccc(NC(=O)Cn2cnc3sc4c(c3c2=O)CCCC4)c1C. The van der Waals surface area contributed by atoms with Gasteiger partial charge in [-0.2, -0.15) is 0 Å². The standard InChI is InChI=1S/C20H21N3O2S/c1-12-6-5-8-15(13(12)2)22-17(24)10-23-11-21-19-18(20(23)25)14-7-3-4-9-16(14)26-19/h5-6,8,11H,3-4,7,9-10H2,1-2H3,(H,22,24). The van der Waals surface area contributed by atoms with Crippen molar-refractivity contribution in [2.45, 2.75) is 46.1 Å². The van der Waals surface area contributed by atoms with Gasteiger partial charge < -0.3 is 5.32 Å². The first-order valence-electron chi connectivity index (χ1n) is 8.90. The van der Waals surface area contributed by atoms with Gasteiger partial charge in [-0.15, -0.1) is 11.3 Å². The number of fused-ring (bicyclic) bond motifs is 3. The minimum Gasteiger partial charge on any atom is -0.324 e. The van der Waals surface area contributed by atoms with Crippen LogP contribution in [0.2, 0.25) is 0 Å². The Bertz CT molecular complexity index is 1060. The Kier molecular flexibility index (Phi) is 4.36. The number of aryl methyl sites for hydroxylation is 3. The molecule has 3 aromatic rings. The maximum atomic E-state index is 12.9. The highest BCUT2D eigenvalue weighted by molar-refractivity contribution is 7.18. The van der Waals surface area contributed by atoms with Crippen LogP contribution in [0.25, 0.3) is 10.2 Å². The van der Waals surface area contributed by atoms with Crippen LogP contribution in [0.15, 0.2) is 29.3 Å². The highest BCUT2D eigenvalue weighted by Gasteiger charge is 2.20. The highest BCUT2D eigenvalue weighted by atomic mass is 32.1. The molecule has 5 nitrogen and oxygen atoms in total. The van der Waals surface area contributed by atoms with E-state index in [9.17, 15) is 9.59 Å². The third-order valence-corrected chi connectivity index (χ3v) is 6.33. The van der Waals surface area contributed by atoms with E-state index >= 15 is 0 Å². The number of hydrogen-bond acceptors (Lipinski definition) is 4. The van der Waals surface area contributed by atoms with E-state index in [4.69, 9.17) is 0 Å². The summed E-state index contributed by atoms with van der Waals surface area (Å²) >= 11 is 1.62. The van der Waals surface area contributed by atoms with Gasteiger partial charge in [0.1, 0.15) is 11.4 Å². The molecule has 1 N–H and O–H groups in total. The van der Waals surface area contributed by atoms with Crippen LogP contribution in [-0.2, 0) is 24.2 Å². The third kappa shape index (κ3) is 2.94. The van der Waals surface area contributed by atoms with E-state index in [0.29, 0.717) is 5.39 Å². The molecule has 0 bridgehead atoms. The quantitative estimate of drug-likeness (QED) is 0.769. The van der Waals surface area contributed by atoms with Crippen molar-refractivity contribution in [1.29, 1.82) is 0 Å². The molecule has 6 heteroatoms. The van der Waals surface area contributed by atoms with E-state index in [-0.39, 0.29) is 18.0 Å². The summed E-state index contributed by atoms with van der Waals surface area (Å²) in [5.41, 5.74) is 3.98. The topological polar surface area (TPSA) is 64.0 Å². The second kappa shape index (κ2) is 6.68. The molecule has 1 amide bonds. The van der Waals surface area contributed by atoms with Crippen LogP contribution in [0.5, 0.6) is 0 Å². The van der Waals surface area contributed by atoms with Crippen LogP contribution in [0, 0.1) is 13.8 Å². The van der Waals surface area contributed by atoms with Crippen molar-refractivity contribution in [2.75, 3.05) is 5.32 Å². The smallest absolute Gasteiger partial charge is 0.262 e. The fourth-order valence-electron chi connectivity index (χ4n) is 3.52. The minimum absolute atomic E-state index is 0.0280. The van der Waals surface area contributed by atoms with E-state index in [1.807, 2.05) is 32.0 Å². The van der Waals surface area contributed by atoms with Gasteiger partial charge >= 0.3 is 0 Å². The molecule has 134 valence electrons. The fraction of sp³-hybridized carbons (Fsp3) is 0.350. The van der Waals surface area contributed by atoms with Gasteiger partial charge in [0, 0.05) is 10.6 Å². The lowest BCUT2D eigenvalue weighted by Gasteiger charge is -2.12. The third-order valence-electron chi connectivity index (χ3n) is 5.13. The first-order chi connectivity index (χ1) is 12.5. The largest absolute Gasteiger partial charge is 0.324 e. The monoisotopic (exact) mass is 367 g/mol. The van der Waals surface area contributed by atoms with Crippen LogP contribution in [0.3, 0.4) is 0 Å². The van der Waals surface area contributed by atoms with Crippen molar-refractivity contribution >= 4 is 33.1 Å². The molecule has 0 spiro atoms. The molecular formula is C20H21N3O2S. The van der Waals surface area contributed by atoms with Crippen molar-refractivity contribution < 1.29 is 4.79 Å². The zero-order valence-electron chi connectivity index (χ0n) is 15.0. The lowest BCUT2D eigenvalue weighted by Crippen LogP contribution is -2.28. The molecule has 0 fully saturated rings. The minimum atomic E-state index is -0.217. The Morgan fingerprint density at radius 1 is 1.27 bits per heavy atom. The second-order valence-corrected chi connectivity index (χ2v) is 7.95. The molecule has 2 heterocycles. The van der Waals surface area contributed by atoms with E-state index in [2.05, 4.69) is 10.3 Å². The molecule has 1 aliphatic carbocycles. The van der Waals surface area contributed by atoms with Gasteiger partial charge in [0.15, 0.2) is 0 Å². The summed E-state index contributed by atoms with van der Waals surface area (Å²) in [5.74, 6) is -0.217. The van der Waals surface area contributed by atoms with Crippen molar-refractivity contribution in [3.05, 3.63) is 56.4 Å². The average Bonchev–Trinajstić information content (AvgIpc) is 3.01. The maximum absolute atomic E-state index is 12.9. The average molecular weight is 367 g/mol. The summed E-state index contributed by atoms with van der Waals surface area (Å²) in [5, 5.41) is 3.62. The molecule has 4 rings (SSSR count). The number of carbonyl (C=O) groups is 1. The Balaban J connectivity index is 1.63.